The molecule has 45 heavy (non-hydrogen) atoms. The third kappa shape index (κ3) is 7.18. The van der Waals surface area contributed by atoms with Gasteiger partial charge in [0.2, 0.25) is 5.88 Å². The van der Waals surface area contributed by atoms with Crippen molar-refractivity contribution in [2.24, 2.45) is 0 Å². The van der Waals surface area contributed by atoms with E-state index >= 15 is 0 Å². The molecule has 10 heteroatoms. The monoisotopic (exact) mass is 643 g/mol. The third-order valence-corrected chi connectivity index (χ3v) is 8.88. The normalized spacial score (nSPS) is 12.9. The fourth-order valence-corrected chi connectivity index (χ4v) is 6.36. The Morgan fingerprint density at radius 2 is 1.84 bits per heavy atom. The van der Waals surface area contributed by atoms with Crippen molar-refractivity contribution >= 4 is 29.0 Å². The van der Waals surface area contributed by atoms with E-state index in [1.54, 1.807) is 19.4 Å². The highest BCUT2D eigenvalue weighted by molar-refractivity contribution is 6.38. The maximum atomic E-state index is 13.5. The Hall–Kier alpha value is -3.87. The lowest BCUT2D eigenvalue weighted by Gasteiger charge is -2.28. The molecule has 0 bridgehead atoms. The van der Waals surface area contributed by atoms with Crippen LogP contribution < -0.4 is 4.74 Å². The van der Waals surface area contributed by atoms with E-state index in [1.165, 1.54) is 0 Å². The topological polar surface area (TPSA) is 112 Å². The Balaban J connectivity index is 1.43. The molecule has 1 N–H and O–H groups in total. The number of carbonyl (C=O) groups is 1. The van der Waals surface area contributed by atoms with Gasteiger partial charge in [0.15, 0.2) is 5.78 Å². The number of rotatable bonds is 12. The summed E-state index contributed by atoms with van der Waals surface area (Å²) in [5, 5.41) is 19.8. The summed E-state index contributed by atoms with van der Waals surface area (Å²) in [5.74, 6) is 0.209. The molecule has 2 aromatic heterocycles. The smallest absolute Gasteiger partial charge is 0.235 e. The number of unbranched alkanes of at least 4 members (excludes halogenated alkanes) is 1. The molecule has 0 saturated carbocycles. The molecule has 232 valence electrons. The SMILES string of the molecule is CCCN1CCc2c(C#N)cc(C(=O)Cc3cccc(-c4cccc(-c5cnc(CCCCO)c(OC)n5)c4Cl)c3Cl)nc2C1. The van der Waals surface area contributed by atoms with Gasteiger partial charge in [0, 0.05) is 42.8 Å². The van der Waals surface area contributed by atoms with E-state index in [0.29, 0.717) is 68.8 Å². The zero-order chi connectivity index (χ0) is 31.9. The lowest BCUT2D eigenvalue weighted by molar-refractivity contribution is 0.0987. The number of fused-ring (bicyclic) bond motifs is 1. The van der Waals surface area contributed by atoms with E-state index in [0.717, 1.165) is 49.3 Å². The van der Waals surface area contributed by atoms with Gasteiger partial charge >= 0.3 is 0 Å². The molecule has 0 aliphatic carbocycles. The maximum Gasteiger partial charge on any atom is 0.235 e. The van der Waals surface area contributed by atoms with Crippen molar-refractivity contribution in [3.05, 3.63) is 92.5 Å². The van der Waals surface area contributed by atoms with Crippen LogP contribution >= 0.6 is 23.2 Å². The summed E-state index contributed by atoms with van der Waals surface area (Å²) < 4.78 is 5.50. The second kappa shape index (κ2) is 14.9. The summed E-state index contributed by atoms with van der Waals surface area (Å²) in [6.07, 6.45) is 5.56. The first-order valence-corrected chi connectivity index (χ1v) is 15.9. The predicted molar refractivity (Wildman–Crippen MR) is 176 cm³/mol. The second-order valence-corrected chi connectivity index (χ2v) is 11.8. The van der Waals surface area contributed by atoms with Crippen LogP contribution in [0.3, 0.4) is 0 Å². The zero-order valence-corrected chi connectivity index (χ0v) is 27.0. The minimum Gasteiger partial charge on any atom is -0.480 e. The molecule has 0 unspecified atom stereocenters. The molecule has 3 heterocycles. The van der Waals surface area contributed by atoms with Crippen LogP contribution in [0.4, 0.5) is 0 Å². The molecule has 5 rings (SSSR count). The molecule has 1 aliphatic heterocycles. The highest BCUT2D eigenvalue weighted by atomic mass is 35.5. The first-order chi connectivity index (χ1) is 21.9. The van der Waals surface area contributed by atoms with Gasteiger partial charge in [-0.15, -0.1) is 0 Å². The number of halogens is 2. The Morgan fingerprint density at radius 3 is 2.58 bits per heavy atom. The van der Waals surface area contributed by atoms with Crippen molar-refractivity contribution in [1.82, 2.24) is 19.9 Å². The number of hydrogen-bond acceptors (Lipinski definition) is 8. The first kappa shape index (κ1) is 32.5. The zero-order valence-electron chi connectivity index (χ0n) is 25.4. The maximum absolute atomic E-state index is 13.5. The number of hydrogen-bond donors (Lipinski definition) is 1. The van der Waals surface area contributed by atoms with Crippen molar-refractivity contribution in [1.29, 1.82) is 5.26 Å². The number of pyridine rings is 1. The van der Waals surface area contributed by atoms with Gasteiger partial charge < -0.3 is 9.84 Å². The Kier molecular flexibility index (Phi) is 10.8. The number of carbonyl (C=O) groups excluding carboxylic acids is 1. The van der Waals surface area contributed by atoms with Crippen LogP contribution in [-0.4, -0.2) is 57.5 Å². The summed E-state index contributed by atoms with van der Waals surface area (Å²) in [6.45, 7) is 4.72. The summed E-state index contributed by atoms with van der Waals surface area (Å²) >= 11 is 13.9. The molecule has 0 fully saturated rings. The average Bonchev–Trinajstić information content (AvgIpc) is 3.05. The number of Topliss-reactive ketones (excluding diaryl/α,β-unsaturated/α-hetero) is 1. The Morgan fingerprint density at radius 1 is 1.09 bits per heavy atom. The van der Waals surface area contributed by atoms with Crippen molar-refractivity contribution in [2.45, 2.75) is 52.0 Å². The van der Waals surface area contributed by atoms with Gasteiger partial charge in [-0.2, -0.15) is 5.26 Å². The van der Waals surface area contributed by atoms with Gasteiger partial charge in [0.1, 0.15) is 11.4 Å². The van der Waals surface area contributed by atoms with E-state index in [1.807, 2.05) is 36.4 Å². The van der Waals surface area contributed by atoms with Crippen molar-refractivity contribution in [3.8, 4) is 34.3 Å². The lowest BCUT2D eigenvalue weighted by atomic mass is 9.95. The number of ketones is 1. The van der Waals surface area contributed by atoms with Crippen LogP contribution in [0, 0.1) is 11.3 Å². The second-order valence-electron chi connectivity index (χ2n) is 11.1. The number of aryl methyl sites for hydroxylation is 1. The standard InChI is InChI=1S/C35H35Cl2N5O3/c1-3-14-42-15-13-24-23(19-38)17-29(40-31(24)21-42)32(44)18-22-8-6-9-25(33(22)36)26-10-7-11-27(34(26)37)30-20-39-28(12-4-5-16-43)35(41-30)45-2/h6-11,17,20,43H,3-5,12-16,18,21H2,1-2H3. The van der Waals surface area contributed by atoms with Crippen LogP contribution in [0.2, 0.25) is 10.0 Å². The minimum absolute atomic E-state index is 0.0275. The molecule has 0 radical (unpaired) electrons. The fourth-order valence-electron chi connectivity index (χ4n) is 5.74. The largest absolute Gasteiger partial charge is 0.480 e. The Labute approximate surface area is 273 Å². The number of aliphatic hydroxyl groups is 1. The van der Waals surface area contributed by atoms with E-state index in [2.05, 4.69) is 27.9 Å². The van der Waals surface area contributed by atoms with E-state index in [4.69, 9.17) is 38.0 Å². The molecule has 0 atom stereocenters. The minimum atomic E-state index is -0.206. The molecule has 0 spiro atoms. The molecule has 8 nitrogen and oxygen atoms in total. The molecule has 0 saturated heterocycles. The lowest BCUT2D eigenvalue weighted by Crippen LogP contribution is -2.32. The van der Waals surface area contributed by atoms with Gasteiger partial charge in [-0.3, -0.25) is 14.7 Å². The Bertz CT molecular complexity index is 1750. The van der Waals surface area contributed by atoms with Gasteiger partial charge in [-0.25, -0.2) is 9.97 Å². The number of methoxy groups -OCH3 is 1. The molecule has 4 aromatic rings. The molecule has 0 amide bonds. The number of nitriles is 1. The average molecular weight is 645 g/mol. The summed E-state index contributed by atoms with van der Waals surface area (Å²) in [7, 11) is 1.55. The van der Waals surface area contributed by atoms with Crippen LogP contribution in [0.5, 0.6) is 5.88 Å². The van der Waals surface area contributed by atoms with Crippen molar-refractivity contribution in [2.75, 3.05) is 26.8 Å². The van der Waals surface area contributed by atoms with E-state index in [9.17, 15) is 10.1 Å². The highest BCUT2D eigenvalue weighted by Gasteiger charge is 2.24. The van der Waals surface area contributed by atoms with Crippen LogP contribution in [0.1, 0.15) is 64.8 Å². The number of aromatic nitrogens is 3. The molecule has 2 aromatic carbocycles. The first-order valence-electron chi connectivity index (χ1n) is 15.1. The predicted octanol–water partition coefficient (Wildman–Crippen LogP) is 6.90. The fraction of sp³-hybridized carbons (Fsp3) is 0.343. The number of nitrogens with zero attached hydrogens (tertiary/aromatic N) is 5. The van der Waals surface area contributed by atoms with Crippen LogP contribution in [-0.2, 0) is 25.8 Å². The van der Waals surface area contributed by atoms with E-state index < -0.39 is 0 Å². The van der Waals surface area contributed by atoms with Crippen molar-refractivity contribution in [3.63, 3.8) is 0 Å². The van der Waals surface area contributed by atoms with Gasteiger partial charge in [0.05, 0.1) is 46.4 Å². The van der Waals surface area contributed by atoms with Gasteiger partial charge in [-0.05, 0) is 55.8 Å². The molecular formula is C35H35Cl2N5O3. The quantitative estimate of drug-likeness (QED) is 0.131. The molecular weight excluding hydrogens is 609 g/mol. The third-order valence-electron chi connectivity index (χ3n) is 8.03. The highest BCUT2D eigenvalue weighted by Crippen LogP contribution is 2.40. The van der Waals surface area contributed by atoms with Crippen LogP contribution in [0.25, 0.3) is 22.4 Å². The number of benzene rings is 2. The molecule has 1 aliphatic rings. The van der Waals surface area contributed by atoms with E-state index in [-0.39, 0.29) is 24.5 Å². The summed E-state index contributed by atoms with van der Waals surface area (Å²) in [6, 6.07) is 15.0. The van der Waals surface area contributed by atoms with Gasteiger partial charge in [0.25, 0.3) is 0 Å². The number of aliphatic hydroxyl groups excluding tert-OH is 1. The summed E-state index contributed by atoms with van der Waals surface area (Å²) in [4.78, 5) is 29.8. The summed E-state index contributed by atoms with van der Waals surface area (Å²) in [5.41, 5.74) is 6.48. The van der Waals surface area contributed by atoms with Gasteiger partial charge in [-0.1, -0.05) is 66.5 Å². The van der Waals surface area contributed by atoms with Crippen molar-refractivity contribution < 1.29 is 14.6 Å². The van der Waals surface area contributed by atoms with Crippen LogP contribution in [0.15, 0.2) is 48.7 Å². The number of ether oxygens (including phenoxy) is 1.